The maximum Gasteiger partial charge on any atom is 0.133 e. The van der Waals surface area contributed by atoms with E-state index in [1.54, 1.807) is 0 Å². The standard InChI is InChI=1S/C19H28O2/c1-2-3-4-5-6-7-10-17(20)15-16-13-14-21-19-12-9-8-11-18(16)19/h8-9,11-12,16H,2-7,10,13-15H2,1H3. The van der Waals surface area contributed by atoms with E-state index in [0.29, 0.717) is 18.1 Å². The van der Waals surface area contributed by atoms with Crippen molar-refractivity contribution in [3.8, 4) is 5.75 Å². The van der Waals surface area contributed by atoms with Crippen LogP contribution in [0.3, 0.4) is 0 Å². The third-order valence-corrected chi connectivity index (χ3v) is 4.37. The van der Waals surface area contributed by atoms with Gasteiger partial charge in [-0.3, -0.25) is 4.79 Å². The molecule has 1 aromatic rings. The first kappa shape index (κ1) is 16.1. The Labute approximate surface area is 128 Å². The average Bonchev–Trinajstić information content (AvgIpc) is 2.51. The SMILES string of the molecule is CCCCCCCCC(=O)CC1CCOc2ccccc21. The van der Waals surface area contributed by atoms with Crippen molar-refractivity contribution in [3.63, 3.8) is 0 Å². The minimum atomic E-state index is 0.363. The topological polar surface area (TPSA) is 26.3 Å². The largest absolute Gasteiger partial charge is 0.493 e. The van der Waals surface area contributed by atoms with Gasteiger partial charge in [-0.05, 0) is 30.4 Å². The first-order valence-electron chi connectivity index (χ1n) is 8.54. The predicted octanol–water partition coefficient (Wildman–Crippen LogP) is 5.26. The smallest absolute Gasteiger partial charge is 0.133 e. The second-order valence-electron chi connectivity index (χ2n) is 6.13. The van der Waals surface area contributed by atoms with E-state index in [0.717, 1.165) is 31.6 Å². The molecule has 1 aromatic carbocycles. The van der Waals surface area contributed by atoms with Gasteiger partial charge in [-0.2, -0.15) is 0 Å². The molecule has 2 heteroatoms. The summed E-state index contributed by atoms with van der Waals surface area (Å²) in [5.41, 5.74) is 1.22. The number of ketones is 1. The van der Waals surface area contributed by atoms with E-state index in [2.05, 4.69) is 13.0 Å². The third-order valence-electron chi connectivity index (χ3n) is 4.37. The van der Waals surface area contributed by atoms with Crippen LogP contribution in [0, 0.1) is 0 Å². The van der Waals surface area contributed by atoms with Crippen molar-refractivity contribution >= 4 is 5.78 Å². The van der Waals surface area contributed by atoms with Crippen LogP contribution in [-0.2, 0) is 4.79 Å². The molecule has 1 aliphatic heterocycles. The molecule has 1 aliphatic rings. The van der Waals surface area contributed by atoms with Crippen LogP contribution in [-0.4, -0.2) is 12.4 Å². The van der Waals surface area contributed by atoms with Crippen molar-refractivity contribution in [3.05, 3.63) is 29.8 Å². The van der Waals surface area contributed by atoms with Gasteiger partial charge >= 0.3 is 0 Å². The Balaban J connectivity index is 1.71. The first-order valence-corrected chi connectivity index (χ1v) is 8.54. The number of carbonyl (C=O) groups is 1. The molecule has 0 fully saturated rings. The molecule has 0 aromatic heterocycles. The van der Waals surface area contributed by atoms with Gasteiger partial charge in [0.05, 0.1) is 6.61 Å². The molecule has 0 amide bonds. The van der Waals surface area contributed by atoms with Crippen molar-refractivity contribution in [1.82, 2.24) is 0 Å². The zero-order chi connectivity index (χ0) is 14.9. The minimum Gasteiger partial charge on any atom is -0.493 e. The fourth-order valence-corrected chi connectivity index (χ4v) is 3.11. The zero-order valence-electron chi connectivity index (χ0n) is 13.3. The van der Waals surface area contributed by atoms with E-state index in [1.807, 2.05) is 18.2 Å². The second-order valence-corrected chi connectivity index (χ2v) is 6.13. The van der Waals surface area contributed by atoms with Crippen molar-refractivity contribution < 1.29 is 9.53 Å². The molecule has 0 radical (unpaired) electrons. The van der Waals surface area contributed by atoms with E-state index in [9.17, 15) is 4.79 Å². The molecular weight excluding hydrogens is 260 g/mol. The van der Waals surface area contributed by atoms with Gasteiger partial charge in [0.25, 0.3) is 0 Å². The molecule has 1 heterocycles. The van der Waals surface area contributed by atoms with Gasteiger partial charge < -0.3 is 4.74 Å². The number of ether oxygens (including phenoxy) is 1. The normalized spacial score (nSPS) is 17.1. The Morgan fingerprint density at radius 2 is 1.90 bits per heavy atom. The van der Waals surface area contributed by atoms with Crippen LogP contribution in [0.15, 0.2) is 24.3 Å². The van der Waals surface area contributed by atoms with E-state index >= 15 is 0 Å². The van der Waals surface area contributed by atoms with Crippen LogP contribution in [0.2, 0.25) is 0 Å². The van der Waals surface area contributed by atoms with Gasteiger partial charge in [0.1, 0.15) is 11.5 Å². The molecule has 0 saturated carbocycles. The molecule has 21 heavy (non-hydrogen) atoms. The van der Waals surface area contributed by atoms with Gasteiger partial charge in [0.2, 0.25) is 0 Å². The average molecular weight is 288 g/mol. The van der Waals surface area contributed by atoms with Crippen molar-refractivity contribution in [2.45, 2.75) is 70.6 Å². The van der Waals surface area contributed by atoms with Crippen molar-refractivity contribution in [2.24, 2.45) is 0 Å². The third kappa shape index (κ3) is 5.18. The summed E-state index contributed by atoms with van der Waals surface area (Å²) in [5.74, 6) is 1.76. The monoisotopic (exact) mass is 288 g/mol. The predicted molar refractivity (Wildman–Crippen MR) is 86.9 cm³/mol. The molecular formula is C19H28O2. The molecule has 1 unspecified atom stereocenters. The molecule has 116 valence electrons. The Hall–Kier alpha value is -1.31. The fourth-order valence-electron chi connectivity index (χ4n) is 3.11. The summed E-state index contributed by atoms with van der Waals surface area (Å²) in [6, 6.07) is 8.16. The zero-order valence-corrected chi connectivity index (χ0v) is 13.3. The lowest BCUT2D eigenvalue weighted by Crippen LogP contribution is -2.17. The van der Waals surface area contributed by atoms with Crippen LogP contribution in [0.5, 0.6) is 5.75 Å². The molecule has 0 bridgehead atoms. The lowest BCUT2D eigenvalue weighted by Gasteiger charge is -2.25. The van der Waals surface area contributed by atoms with Gasteiger partial charge in [-0.15, -0.1) is 0 Å². The molecule has 2 nitrogen and oxygen atoms in total. The summed E-state index contributed by atoms with van der Waals surface area (Å²) in [6.07, 6.45) is 9.89. The Bertz CT molecular complexity index is 439. The van der Waals surface area contributed by atoms with Crippen LogP contribution < -0.4 is 4.74 Å². The molecule has 0 N–H and O–H groups in total. The quantitative estimate of drug-likeness (QED) is 0.579. The van der Waals surface area contributed by atoms with Crippen molar-refractivity contribution in [1.29, 1.82) is 0 Å². The van der Waals surface area contributed by atoms with Crippen LogP contribution in [0.1, 0.15) is 76.2 Å². The van der Waals surface area contributed by atoms with Crippen molar-refractivity contribution in [2.75, 3.05) is 6.61 Å². The number of rotatable bonds is 9. The summed E-state index contributed by atoms with van der Waals surface area (Å²) in [7, 11) is 0. The summed E-state index contributed by atoms with van der Waals surface area (Å²) in [4.78, 5) is 12.2. The molecule has 1 atom stereocenters. The highest BCUT2D eigenvalue weighted by atomic mass is 16.5. The number of para-hydroxylation sites is 1. The number of fused-ring (bicyclic) bond motifs is 1. The lowest BCUT2D eigenvalue weighted by atomic mass is 9.88. The van der Waals surface area contributed by atoms with E-state index in [1.165, 1.54) is 37.7 Å². The molecule has 0 aliphatic carbocycles. The maximum atomic E-state index is 12.2. The van der Waals surface area contributed by atoms with Gasteiger partial charge in [-0.25, -0.2) is 0 Å². The van der Waals surface area contributed by atoms with E-state index in [-0.39, 0.29) is 0 Å². The number of benzene rings is 1. The van der Waals surface area contributed by atoms with Crippen LogP contribution >= 0.6 is 0 Å². The number of unbranched alkanes of at least 4 members (excludes halogenated alkanes) is 5. The Morgan fingerprint density at radius 1 is 1.14 bits per heavy atom. The highest BCUT2D eigenvalue weighted by molar-refractivity contribution is 5.79. The second kappa shape index (κ2) is 8.86. The number of hydrogen-bond donors (Lipinski definition) is 0. The summed E-state index contributed by atoms with van der Waals surface area (Å²) >= 11 is 0. The molecule has 0 saturated heterocycles. The minimum absolute atomic E-state index is 0.363. The highest BCUT2D eigenvalue weighted by Crippen LogP contribution is 2.35. The summed E-state index contributed by atoms with van der Waals surface area (Å²) in [6.45, 7) is 2.97. The Morgan fingerprint density at radius 3 is 2.76 bits per heavy atom. The molecule has 0 spiro atoms. The van der Waals surface area contributed by atoms with E-state index < -0.39 is 0 Å². The summed E-state index contributed by atoms with van der Waals surface area (Å²) < 4.78 is 5.66. The highest BCUT2D eigenvalue weighted by Gasteiger charge is 2.22. The Kier molecular flexibility index (Phi) is 6.78. The summed E-state index contributed by atoms with van der Waals surface area (Å²) in [5, 5.41) is 0. The first-order chi connectivity index (χ1) is 10.3. The van der Waals surface area contributed by atoms with E-state index in [4.69, 9.17) is 4.74 Å². The van der Waals surface area contributed by atoms with Gasteiger partial charge in [0, 0.05) is 12.8 Å². The maximum absolute atomic E-state index is 12.2. The number of carbonyl (C=O) groups excluding carboxylic acids is 1. The van der Waals surface area contributed by atoms with Crippen LogP contribution in [0.25, 0.3) is 0 Å². The lowest BCUT2D eigenvalue weighted by molar-refractivity contribution is -0.119. The molecule has 2 rings (SSSR count). The van der Waals surface area contributed by atoms with Gasteiger partial charge in [0.15, 0.2) is 0 Å². The number of Topliss-reactive ketones (excluding diaryl/α,β-unsaturated/α-hetero) is 1. The van der Waals surface area contributed by atoms with Gasteiger partial charge in [-0.1, -0.05) is 57.2 Å². The number of hydrogen-bond acceptors (Lipinski definition) is 2. The van der Waals surface area contributed by atoms with Crippen LogP contribution in [0.4, 0.5) is 0 Å². The fraction of sp³-hybridized carbons (Fsp3) is 0.632.